The van der Waals surface area contributed by atoms with Crippen molar-refractivity contribution >= 4 is 28.8 Å². The fourth-order valence-electron chi connectivity index (χ4n) is 1.71. The van der Waals surface area contributed by atoms with E-state index in [1.807, 2.05) is 19.1 Å². The highest BCUT2D eigenvalue weighted by atomic mass is 35.5. The van der Waals surface area contributed by atoms with Crippen LogP contribution in [0.3, 0.4) is 0 Å². The van der Waals surface area contributed by atoms with E-state index in [1.54, 1.807) is 13.8 Å². The topological polar surface area (TPSA) is 55.1 Å². The number of aryl methyl sites for hydroxylation is 2. The Morgan fingerprint density at radius 1 is 1.50 bits per heavy atom. The fraction of sp³-hybridized carbons (Fsp3) is 0.333. The van der Waals surface area contributed by atoms with Crippen molar-refractivity contribution in [3.63, 3.8) is 0 Å². The van der Waals surface area contributed by atoms with Crippen LogP contribution in [0.15, 0.2) is 16.7 Å². The van der Waals surface area contributed by atoms with Crippen molar-refractivity contribution in [1.29, 1.82) is 0 Å². The molecule has 0 bridgehead atoms. The molecule has 2 rings (SSSR count). The molecule has 96 valence electrons. The summed E-state index contributed by atoms with van der Waals surface area (Å²) in [5.41, 5.74) is 1.10. The van der Waals surface area contributed by atoms with Gasteiger partial charge in [0.2, 0.25) is 0 Å². The van der Waals surface area contributed by atoms with Crippen LogP contribution in [-0.2, 0) is 0 Å². The highest BCUT2D eigenvalue weighted by Gasteiger charge is 2.20. The Bertz CT molecular complexity index is 557. The molecule has 0 radical (unpaired) electrons. The number of aromatic nitrogens is 1. The van der Waals surface area contributed by atoms with E-state index in [0.29, 0.717) is 21.4 Å². The van der Waals surface area contributed by atoms with Gasteiger partial charge in [0.05, 0.1) is 16.1 Å². The van der Waals surface area contributed by atoms with Crippen LogP contribution in [0.5, 0.6) is 0 Å². The third-order valence-corrected chi connectivity index (χ3v) is 4.04. The lowest BCUT2D eigenvalue weighted by Crippen LogP contribution is -2.26. The number of hydrogen-bond acceptors (Lipinski definition) is 4. The molecule has 0 aliphatic carbocycles. The first-order chi connectivity index (χ1) is 8.49. The van der Waals surface area contributed by atoms with Crippen molar-refractivity contribution in [2.45, 2.75) is 26.8 Å². The molecular weight excluding hydrogens is 272 g/mol. The first kappa shape index (κ1) is 13.1. The Kier molecular flexibility index (Phi) is 3.73. The van der Waals surface area contributed by atoms with Gasteiger partial charge in [-0.2, -0.15) is 0 Å². The quantitative estimate of drug-likeness (QED) is 0.938. The van der Waals surface area contributed by atoms with Crippen LogP contribution >= 0.6 is 22.9 Å². The van der Waals surface area contributed by atoms with Gasteiger partial charge in [-0.05, 0) is 32.9 Å². The number of carbonyl (C=O) groups is 1. The van der Waals surface area contributed by atoms with Crippen LogP contribution in [0, 0.1) is 13.8 Å². The van der Waals surface area contributed by atoms with Gasteiger partial charge >= 0.3 is 0 Å². The second-order valence-electron chi connectivity index (χ2n) is 4.04. The molecule has 0 unspecified atom stereocenters. The SMILES string of the molecule is Cc1noc(C)c1C(=O)N[C@@H](C)c1ccc(Cl)s1. The highest BCUT2D eigenvalue weighted by molar-refractivity contribution is 7.16. The zero-order valence-electron chi connectivity index (χ0n) is 10.3. The summed E-state index contributed by atoms with van der Waals surface area (Å²) in [6, 6.07) is 3.63. The number of halogens is 1. The molecule has 0 spiro atoms. The van der Waals surface area contributed by atoms with Crippen molar-refractivity contribution in [3.05, 3.63) is 38.4 Å². The first-order valence-corrected chi connectivity index (χ1v) is 6.67. The number of rotatable bonds is 3. The monoisotopic (exact) mass is 284 g/mol. The van der Waals surface area contributed by atoms with Crippen LogP contribution < -0.4 is 5.32 Å². The number of hydrogen-bond donors (Lipinski definition) is 1. The number of nitrogens with zero attached hydrogens (tertiary/aromatic N) is 1. The molecule has 2 heterocycles. The van der Waals surface area contributed by atoms with E-state index in [0.717, 1.165) is 4.88 Å². The molecule has 0 saturated carbocycles. The smallest absolute Gasteiger partial charge is 0.257 e. The van der Waals surface area contributed by atoms with Crippen molar-refractivity contribution < 1.29 is 9.32 Å². The highest BCUT2D eigenvalue weighted by Crippen LogP contribution is 2.27. The Hall–Kier alpha value is -1.33. The molecule has 0 saturated heterocycles. The molecule has 0 fully saturated rings. The predicted molar refractivity (Wildman–Crippen MR) is 71.2 cm³/mol. The lowest BCUT2D eigenvalue weighted by Gasteiger charge is -2.11. The summed E-state index contributed by atoms with van der Waals surface area (Å²) in [6.45, 7) is 5.39. The number of nitrogens with one attached hydrogen (secondary N) is 1. The normalized spacial score (nSPS) is 12.4. The molecule has 0 aromatic carbocycles. The van der Waals surface area contributed by atoms with E-state index >= 15 is 0 Å². The maximum Gasteiger partial charge on any atom is 0.257 e. The van der Waals surface area contributed by atoms with Crippen LogP contribution in [0.1, 0.15) is 39.7 Å². The first-order valence-electron chi connectivity index (χ1n) is 5.48. The van der Waals surface area contributed by atoms with E-state index in [4.69, 9.17) is 16.1 Å². The van der Waals surface area contributed by atoms with Crippen LogP contribution in [0.2, 0.25) is 4.34 Å². The molecule has 4 nitrogen and oxygen atoms in total. The fourth-order valence-corrected chi connectivity index (χ4v) is 2.77. The molecule has 18 heavy (non-hydrogen) atoms. The number of thiophene rings is 1. The van der Waals surface area contributed by atoms with Crippen LogP contribution in [0.4, 0.5) is 0 Å². The van der Waals surface area contributed by atoms with Gasteiger partial charge in [-0.3, -0.25) is 4.79 Å². The van der Waals surface area contributed by atoms with Crippen LogP contribution in [-0.4, -0.2) is 11.1 Å². The molecule has 6 heteroatoms. The standard InChI is InChI=1S/C12H13ClN2O2S/c1-6(9-4-5-10(13)18-9)14-12(16)11-7(2)15-17-8(11)3/h4-6H,1-3H3,(H,14,16)/t6-/m0/s1. The second kappa shape index (κ2) is 5.12. The van der Waals surface area contributed by atoms with Crippen molar-refractivity contribution in [2.75, 3.05) is 0 Å². The summed E-state index contributed by atoms with van der Waals surface area (Å²) in [5, 5.41) is 6.67. The summed E-state index contributed by atoms with van der Waals surface area (Å²) < 4.78 is 5.69. The van der Waals surface area contributed by atoms with Gasteiger partial charge in [-0.1, -0.05) is 16.8 Å². The zero-order chi connectivity index (χ0) is 13.3. The summed E-state index contributed by atoms with van der Waals surface area (Å²) >= 11 is 7.33. The molecule has 2 aromatic rings. The largest absolute Gasteiger partial charge is 0.361 e. The minimum Gasteiger partial charge on any atom is -0.361 e. The van der Waals surface area contributed by atoms with Crippen molar-refractivity contribution in [3.8, 4) is 0 Å². The minimum atomic E-state index is -0.178. The van der Waals surface area contributed by atoms with E-state index < -0.39 is 0 Å². The van der Waals surface area contributed by atoms with E-state index in [1.165, 1.54) is 11.3 Å². The minimum absolute atomic E-state index is 0.0938. The lowest BCUT2D eigenvalue weighted by molar-refractivity contribution is 0.0938. The van der Waals surface area contributed by atoms with E-state index in [2.05, 4.69) is 10.5 Å². The zero-order valence-corrected chi connectivity index (χ0v) is 11.9. The molecule has 1 N–H and O–H groups in total. The maximum absolute atomic E-state index is 12.1. The van der Waals surface area contributed by atoms with Gasteiger partial charge in [0.25, 0.3) is 5.91 Å². The van der Waals surface area contributed by atoms with Crippen molar-refractivity contribution in [1.82, 2.24) is 10.5 Å². The summed E-state index contributed by atoms with van der Waals surface area (Å²) in [7, 11) is 0. The average Bonchev–Trinajstić information content (AvgIpc) is 2.85. The second-order valence-corrected chi connectivity index (χ2v) is 5.78. The molecule has 0 aliphatic heterocycles. The lowest BCUT2D eigenvalue weighted by atomic mass is 10.1. The Labute approximate surface area is 114 Å². The number of carbonyl (C=O) groups excluding carboxylic acids is 1. The number of amides is 1. The van der Waals surface area contributed by atoms with Gasteiger partial charge in [-0.25, -0.2) is 0 Å². The average molecular weight is 285 g/mol. The third kappa shape index (κ3) is 2.57. The molecule has 2 aromatic heterocycles. The van der Waals surface area contributed by atoms with Gasteiger partial charge in [0, 0.05) is 4.88 Å². The predicted octanol–water partition coefficient (Wildman–Crippen LogP) is 3.50. The molecule has 1 amide bonds. The van der Waals surface area contributed by atoms with E-state index in [-0.39, 0.29) is 11.9 Å². The molecular formula is C12H13ClN2O2S. The molecule has 1 atom stereocenters. The maximum atomic E-state index is 12.1. The van der Waals surface area contributed by atoms with Gasteiger partial charge in [0.1, 0.15) is 11.3 Å². The summed E-state index contributed by atoms with van der Waals surface area (Å²) in [6.07, 6.45) is 0. The van der Waals surface area contributed by atoms with E-state index in [9.17, 15) is 4.79 Å². The molecule has 0 aliphatic rings. The Balaban J connectivity index is 2.13. The van der Waals surface area contributed by atoms with Gasteiger partial charge in [-0.15, -0.1) is 11.3 Å². The van der Waals surface area contributed by atoms with Crippen LogP contribution in [0.25, 0.3) is 0 Å². The summed E-state index contributed by atoms with van der Waals surface area (Å²) in [5.74, 6) is 0.352. The summed E-state index contributed by atoms with van der Waals surface area (Å²) in [4.78, 5) is 13.1. The third-order valence-electron chi connectivity index (χ3n) is 2.63. The Morgan fingerprint density at radius 3 is 2.72 bits per heavy atom. The van der Waals surface area contributed by atoms with Crippen molar-refractivity contribution in [2.24, 2.45) is 0 Å². The Morgan fingerprint density at radius 2 is 2.22 bits per heavy atom. The van der Waals surface area contributed by atoms with Gasteiger partial charge < -0.3 is 9.84 Å². The van der Waals surface area contributed by atoms with Gasteiger partial charge in [0.15, 0.2) is 0 Å².